The summed E-state index contributed by atoms with van der Waals surface area (Å²) in [5.41, 5.74) is 8.45. The molecule has 0 spiro atoms. The number of aromatic nitrogens is 3. The van der Waals surface area contributed by atoms with E-state index in [1.807, 2.05) is 13.8 Å². The molecule has 2 atom stereocenters. The van der Waals surface area contributed by atoms with Crippen LogP contribution in [0.25, 0.3) is 11.0 Å². The molecule has 0 unspecified atom stereocenters. The molecular weight excluding hydrogens is 404 g/mol. The second-order valence-electron chi connectivity index (χ2n) is 7.17. The fraction of sp³-hybridized carbons (Fsp3) is 0.600. The smallest absolute Gasteiger partial charge is 0.146 e. The SMILES string of the molecule is CC.Nc1ncnc2c1c(Br)cn2[C@H]1CC[C@@H](CNCC2=CNCCC2)C1. The van der Waals surface area contributed by atoms with Gasteiger partial charge in [0.05, 0.1) is 5.39 Å². The number of nitrogens with one attached hydrogen (secondary N) is 2. The van der Waals surface area contributed by atoms with E-state index in [9.17, 15) is 0 Å². The fourth-order valence-corrected chi connectivity index (χ4v) is 4.71. The average Bonchev–Trinajstić information content (AvgIpc) is 3.30. The van der Waals surface area contributed by atoms with Gasteiger partial charge in [-0.25, -0.2) is 9.97 Å². The zero-order chi connectivity index (χ0) is 19.2. The highest BCUT2D eigenvalue weighted by molar-refractivity contribution is 9.10. The Hall–Kier alpha value is -1.60. The molecule has 1 aliphatic carbocycles. The van der Waals surface area contributed by atoms with Gasteiger partial charge >= 0.3 is 0 Å². The molecule has 4 rings (SSSR count). The van der Waals surface area contributed by atoms with Gasteiger partial charge in [-0.3, -0.25) is 0 Å². The summed E-state index contributed by atoms with van der Waals surface area (Å²) in [6.07, 6.45) is 12.0. The second-order valence-corrected chi connectivity index (χ2v) is 8.02. The lowest BCUT2D eigenvalue weighted by atomic mass is 10.1. The van der Waals surface area contributed by atoms with E-state index in [1.165, 1.54) is 37.7 Å². The summed E-state index contributed by atoms with van der Waals surface area (Å²) in [7, 11) is 0. The fourth-order valence-electron chi connectivity index (χ4n) is 4.11. The summed E-state index contributed by atoms with van der Waals surface area (Å²) in [5.74, 6) is 1.26. The molecule has 2 aromatic rings. The zero-order valence-corrected chi connectivity index (χ0v) is 17.9. The molecule has 0 bridgehead atoms. The first-order chi connectivity index (χ1) is 13.2. The summed E-state index contributed by atoms with van der Waals surface area (Å²) in [6.45, 7) is 7.21. The molecule has 0 amide bonds. The minimum absolute atomic E-state index is 0.491. The van der Waals surface area contributed by atoms with Gasteiger partial charge in [-0.2, -0.15) is 0 Å². The molecule has 3 heterocycles. The van der Waals surface area contributed by atoms with Crippen molar-refractivity contribution in [3.8, 4) is 0 Å². The standard InChI is InChI=1S/C18H25BrN6.C2H6/c19-15-10-25(18-16(15)17(20)23-11-24-18)14-4-3-12(6-14)7-22-9-13-2-1-5-21-8-13;1-2/h8,10-12,14,21-22H,1-7,9H2,(H2,20,23,24);1-2H3/t12-,14+;/m1./s1. The third-order valence-electron chi connectivity index (χ3n) is 5.41. The van der Waals surface area contributed by atoms with E-state index in [-0.39, 0.29) is 0 Å². The second kappa shape index (κ2) is 9.55. The van der Waals surface area contributed by atoms with Gasteiger partial charge in [0.25, 0.3) is 0 Å². The predicted octanol–water partition coefficient (Wildman–Crippen LogP) is 4.00. The largest absolute Gasteiger partial charge is 0.391 e. The predicted molar refractivity (Wildman–Crippen MR) is 116 cm³/mol. The van der Waals surface area contributed by atoms with Crippen molar-refractivity contribution in [3.63, 3.8) is 0 Å². The Balaban J connectivity index is 0.00000102. The van der Waals surface area contributed by atoms with Gasteiger partial charge in [0.1, 0.15) is 17.8 Å². The van der Waals surface area contributed by atoms with Gasteiger partial charge in [0, 0.05) is 29.8 Å². The quantitative estimate of drug-likeness (QED) is 0.662. The van der Waals surface area contributed by atoms with Crippen LogP contribution in [-0.2, 0) is 0 Å². The molecular formula is C20H31BrN6. The van der Waals surface area contributed by atoms with Gasteiger partial charge in [0.2, 0.25) is 0 Å². The lowest BCUT2D eigenvalue weighted by molar-refractivity contribution is 0.460. The summed E-state index contributed by atoms with van der Waals surface area (Å²) in [6, 6.07) is 0.491. The van der Waals surface area contributed by atoms with Crippen molar-refractivity contribution >= 4 is 32.8 Å². The molecule has 2 aromatic heterocycles. The Kier molecular flexibility index (Phi) is 7.13. The van der Waals surface area contributed by atoms with Crippen LogP contribution in [0.1, 0.15) is 52.0 Å². The molecule has 1 fully saturated rings. The molecule has 148 valence electrons. The van der Waals surface area contributed by atoms with Gasteiger partial charge in [-0.05, 0) is 72.3 Å². The van der Waals surface area contributed by atoms with E-state index >= 15 is 0 Å². The highest BCUT2D eigenvalue weighted by Crippen LogP contribution is 2.39. The molecule has 1 saturated carbocycles. The molecule has 6 nitrogen and oxygen atoms in total. The highest BCUT2D eigenvalue weighted by atomic mass is 79.9. The molecule has 1 aliphatic heterocycles. The first-order valence-electron chi connectivity index (χ1n) is 10.1. The number of halogens is 1. The van der Waals surface area contributed by atoms with Crippen LogP contribution in [0.2, 0.25) is 0 Å². The first-order valence-corrected chi connectivity index (χ1v) is 10.9. The zero-order valence-electron chi connectivity index (χ0n) is 16.3. The molecule has 7 heteroatoms. The first kappa shape index (κ1) is 20.1. The number of rotatable bonds is 5. The van der Waals surface area contributed by atoms with Crippen molar-refractivity contribution in [1.82, 2.24) is 25.2 Å². The molecule has 2 aliphatic rings. The summed E-state index contributed by atoms with van der Waals surface area (Å²) in [4.78, 5) is 8.58. The molecule has 27 heavy (non-hydrogen) atoms. The number of nitrogens with two attached hydrogens (primary N) is 1. The van der Waals surface area contributed by atoms with Crippen molar-refractivity contribution in [2.45, 2.75) is 52.0 Å². The maximum Gasteiger partial charge on any atom is 0.146 e. The van der Waals surface area contributed by atoms with E-state index in [4.69, 9.17) is 5.73 Å². The monoisotopic (exact) mass is 434 g/mol. The summed E-state index contributed by atoms with van der Waals surface area (Å²) in [5, 5.41) is 7.91. The van der Waals surface area contributed by atoms with Crippen LogP contribution in [0.4, 0.5) is 5.82 Å². The Morgan fingerprint density at radius 2 is 2.19 bits per heavy atom. The van der Waals surface area contributed by atoms with Crippen LogP contribution in [0.3, 0.4) is 0 Å². The number of fused-ring (bicyclic) bond motifs is 1. The maximum atomic E-state index is 6.02. The van der Waals surface area contributed by atoms with Crippen molar-refractivity contribution in [2.75, 3.05) is 25.4 Å². The van der Waals surface area contributed by atoms with E-state index in [0.29, 0.717) is 11.9 Å². The minimum atomic E-state index is 0.491. The van der Waals surface area contributed by atoms with Gasteiger partial charge < -0.3 is 20.9 Å². The van der Waals surface area contributed by atoms with Gasteiger partial charge in [0.15, 0.2) is 0 Å². The third kappa shape index (κ3) is 4.63. The van der Waals surface area contributed by atoms with Crippen LogP contribution in [0, 0.1) is 5.92 Å². The Morgan fingerprint density at radius 1 is 1.33 bits per heavy atom. The normalized spacial score (nSPS) is 22.1. The number of nitrogens with zero attached hydrogens (tertiary/aromatic N) is 3. The molecule has 0 saturated heterocycles. The average molecular weight is 435 g/mol. The van der Waals surface area contributed by atoms with E-state index in [0.717, 1.165) is 41.1 Å². The van der Waals surface area contributed by atoms with E-state index in [1.54, 1.807) is 6.33 Å². The third-order valence-corrected chi connectivity index (χ3v) is 6.01. The van der Waals surface area contributed by atoms with Crippen LogP contribution in [-0.4, -0.2) is 34.2 Å². The van der Waals surface area contributed by atoms with E-state index in [2.05, 4.69) is 53.5 Å². The van der Waals surface area contributed by atoms with Crippen molar-refractivity contribution in [3.05, 3.63) is 28.8 Å². The topological polar surface area (TPSA) is 80.8 Å². The van der Waals surface area contributed by atoms with Crippen molar-refractivity contribution in [2.24, 2.45) is 5.92 Å². The van der Waals surface area contributed by atoms with E-state index < -0.39 is 0 Å². The number of hydrogen-bond acceptors (Lipinski definition) is 5. The summed E-state index contributed by atoms with van der Waals surface area (Å²) >= 11 is 3.61. The van der Waals surface area contributed by atoms with Crippen LogP contribution in [0.15, 0.2) is 28.8 Å². The number of anilines is 1. The van der Waals surface area contributed by atoms with Crippen LogP contribution >= 0.6 is 15.9 Å². The molecule has 0 aromatic carbocycles. The Labute approximate surface area is 170 Å². The lowest BCUT2D eigenvalue weighted by Crippen LogP contribution is -2.26. The number of nitrogen functional groups attached to an aromatic ring is 1. The minimum Gasteiger partial charge on any atom is -0.391 e. The highest BCUT2D eigenvalue weighted by Gasteiger charge is 2.27. The van der Waals surface area contributed by atoms with Crippen LogP contribution in [0.5, 0.6) is 0 Å². The van der Waals surface area contributed by atoms with Crippen molar-refractivity contribution in [1.29, 1.82) is 0 Å². The van der Waals surface area contributed by atoms with Crippen molar-refractivity contribution < 1.29 is 0 Å². The van der Waals surface area contributed by atoms with Crippen LogP contribution < -0.4 is 16.4 Å². The lowest BCUT2D eigenvalue weighted by Gasteiger charge is -2.17. The molecule has 4 N–H and O–H groups in total. The maximum absolute atomic E-state index is 6.02. The van der Waals surface area contributed by atoms with Gasteiger partial charge in [-0.15, -0.1) is 0 Å². The van der Waals surface area contributed by atoms with Gasteiger partial charge in [-0.1, -0.05) is 13.8 Å². The Morgan fingerprint density at radius 3 is 2.96 bits per heavy atom. The summed E-state index contributed by atoms with van der Waals surface area (Å²) < 4.78 is 3.27. The number of hydrogen-bond donors (Lipinski definition) is 3. The molecule has 0 radical (unpaired) electrons. The Bertz CT molecular complexity index is 784.